The molecular weight excluding hydrogens is 316 g/mol. The van der Waals surface area contributed by atoms with Gasteiger partial charge in [0.2, 0.25) is 0 Å². The van der Waals surface area contributed by atoms with Gasteiger partial charge in [-0.2, -0.15) is 0 Å². The standard InChI is InChI=1S/C21H34O4/c1-3-4-5-6-7-9-12-17-14-15-19(22)18(17)13-10-8-11-16-21(2,25)20(23)24/h4-5,9,12,17-18,25H,3,6-8,10-11,13-16H2,1-2H3,(H,23,24)/t17-,18+,21?/m0/s1. The van der Waals surface area contributed by atoms with Crippen LogP contribution in [0.3, 0.4) is 0 Å². The summed E-state index contributed by atoms with van der Waals surface area (Å²) in [7, 11) is 0. The van der Waals surface area contributed by atoms with Crippen LogP contribution in [0.25, 0.3) is 0 Å². The molecule has 0 heterocycles. The lowest BCUT2D eigenvalue weighted by Crippen LogP contribution is -2.34. The molecule has 0 aromatic heterocycles. The van der Waals surface area contributed by atoms with Crippen molar-refractivity contribution in [3.8, 4) is 0 Å². The molecule has 25 heavy (non-hydrogen) atoms. The number of ketones is 1. The second-order valence-corrected chi connectivity index (χ2v) is 7.34. The minimum atomic E-state index is -1.64. The first-order valence-corrected chi connectivity index (χ1v) is 9.68. The quantitative estimate of drug-likeness (QED) is 0.396. The number of carbonyl (C=O) groups is 2. The van der Waals surface area contributed by atoms with Crippen molar-refractivity contribution in [3.05, 3.63) is 24.3 Å². The Balaban J connectivity index is 2.30. The van der Waals surface area contributed by atoms with Crippen molar-refractivity contribution in [3.63, 3.8) is 0 Å². The molecule has 142 valence electrons. The summed E-state index contributed by atoms with van der Waals surface area (Å²) in [5.74, 6) is -0.303. The molecule has 1 aliphatic carbocycles. The first-order chi connectivity index (χ1) is 11.9. The Kier molecular flexibility index (Phi) is 9.73. The maximum Gasteiger partial charge on any atom is 0.335 e. The van der Waals surface area contributed by atoms with Crippen LogP contribution in [0.1, 0.15) is 78.1 Å². The molecular formula is C21H34O4. The third kappa shape index (κ3) is 8.00. The average Bonchev–Trinajstić information content (AvgIpc) is 2.90. The van der Waals surface area contributed by atoms with Gasteiger partial charge in [0.1, 0.15) is 5.78 Å². The average molecular weight is 350 g/mol. The number of carboxylic acid groups (broad SMARTS) is 1. The highest BCUT2D eigenvalue weighted by atomic mass is 16.4. The van der Waals surface area contributed by atoms with Gasteiger partial charge < -0.3 is 10.2 Å². The molecule has 0 saturated heterocycles. The minimum absolute atomic E-state index is 0.127. The molecule has 0 aliphatic heterocycles. The van der Waals surface area contributed by atoms with E-state index in [0.29, 0.717) is 24.5 Å². The van der Waals surface area contributed by atoms with Gasteiger partial charge in [0, 0.05) is 12.3 Å². The molecule has 1 unspecified atom stereocenters. The van der Waals surface area contributed by atoms with Crippen LogP contribution in [0.15, 0.2) is 24.3 Å². The predicted octanol–water partition coefficient (Wildman–Crippen LogP) is 4.67. The van der Waals surface area contributed by atoms with Gasteiger partial charge in [0.05, 0.1) is 0 Å². The van der Waals surface area contributed by atoms with Crippen molar-refractivity contribution in [2.45, 2.75) is 83.7 Å². The maximum absolute atomic E-state index is 12.1. The molecule has 0 bridgehead atoms. The van der Waals surface area contributed by atoms with Crippen LogP contribution in [-0.2, 0) is 9.59 Å². The molecule has 4 heteroatoms. The molecule has 2 N–H and O–H groups in total. The van der Waals surface area contributed by atoms with Gasteiger partial charge >= 0.3 is 5.97 Å². The van der Waals surface area contributed by atoms with E-state index >= 15 is 0 Å². The Labute approximate surface area is 152 Å². The van der Waals surface area contributed by atoms with Gasteiger partial charge in [0.25, 0.3) is 0 Å². The summed E-state index contributed by atoms with van der Waals surface area (Å²) in [6, 6.07) is 0. The fourth-order valence-corrected chi connectivity index (χ4v) is 3.40. The van der Waals surface area contributed by atoms with Crippen LogP contribution < -0.4 is 0 Å². The fourth-order valence-electron chi connectivity index (χ4n) is 3.40. The summed E-state index contributed by atoms with van der Waals surface area (Å²) in [5, 5.41) is 18.6. The number of aliphatic hydroxyl groups is 1. The number of carboxylic acids is 1. The maximum atomic E-state index is 12.1. The topological polar surface area (TPSA) is 74.6 Å². The van der Waals surface area contributed by atoms with Gasteiger partial charge in [-0.25, -0.2) is 4.79 Å². The molecule has 0 radical (unpaired) electrons. The van der Waals surface area contributed by atoms with Gasteiger partial charge in [-0.3, -0.25) is 4.79 Å². The molecule has 1 saturated carbocycles. The van der Waals surface area contributed by atoms with Crippen molar-refractivity contribution >= 4 is 11.8 Å². The Morgan fingerprint density at radius 3 is 2.60 bits per heavy atom. The van der Waals surface area contributed by atoms with Crippen molar-refractivity contribution in [2.24, 2.45) is 11.8 Å². The second kappa shape index (κ2) is 11.2. The zero-order chi connectivity index (χ0) is 18.7. The van der Waals surface area contributed by atoms with Crippen LogP contribution in [0.2, 0.25) is 0 Å². The van der Waals surface area contributed by atoms with Crippen molar-refractivity contribution < 1.29 is 19.8 Å². The van der Waals surface area contributed by atoms with Crippen molar-refractivity contribution in [2.75, 3.05) is 0 Å². The Hall–Kier alpha value is -1.42. The monoisotopic (exact) mass is 350 g/mol. The lowest BCUT2D eigenvalue weighted by molar-refractivity contribution is -0.157. The molecule has 0 aromatic carbocycles. The zero-order valence-electron chi connectivity index (χ0n) is 15.7. The number of aliphatic carboxylic acids is 1. The van der Waals surface area contributed by atoms with Crippen molar-refractivity contribution in [1.29, 1.82) is 0 Å². The molecule has 1 rings (SSSR count). The Morgan fingerprint density at radius 1 is 1.20 bits per heavy atom. The van der Waals surface area contributed by atoms with Crippen LogP contribution in [0.5, 0.6) is 0 Å². The number of hydrogen-bond donors (Lipinski definition) is 2. The van der Waals surface area contributed by atoms with Gasteiger partial charge in [-0.05, 0) is 57.8 Å². The molecule has 1 fully saturated rings. The SMILES string of the molecule is CCC=CCCC=C[C@H]1CCC(=O)[C@@H]1CCCCCC(C)(O)C(=O)O. The van der Waals surface area contributed by atoms with Crippen LogP contribution >= 0.6 is 0 Å². The van der Waals surface area contributed by atoms with Gasteiger partial charge in [-0.1, -0.05) is 44.1 Å². The molecule has 4 nitrogen and oxygen atoms in total. The predicted molar refractivity (Wildman–Crippen MR) is 100 cm³/mol. The highest BCUT2D eigenvalue weighted by molar-refractivity contribution is 5.83. The fraction of sp³-hybridized carbons (Fsp3) is 0.714. The molecule has 0 spiro atoms. The molecule has 0 aromatic rings. The number of allylic oxidation sites excluding steroid dienone is 4. The summed E-state index contributed by atoms with van der Waals surface area (Å²) in [6.07, 6.45) is 17.2. The van der Waals surface area contributed by atoms with E-state index in [1.807, 2.05) is 0 Å². The highest BCUT2D eigenvalue weighted by Gasteiger charge is 2.32. The first kappa shape index (κ1) is 21.6. The summed E-state index contributed by atoms with van der Waals surface area (Å²) in [6.45, 7) is 3.47. The number of Topliss-reactive ketones (excluding diaryl/α,β-unsaturated/α-hetero) is 1. The third-order valence-electron chi connectivity index (χ3n) is 5.08. The van der Waals surface area contributed by atoms with Gasteiger partial charge in [-0.15, -0.1) is 0 Å². The summed E-state index contributed by atoms with van der Waals surface area (Å²) >= 11 is 0. The number of unbranched alkanes of at least 4 members (excludes halogenated alkanes) is 3. The Bertz CT molecular complexity index is 476. The van der Waals surface area contributed by atoms with E-state index in [1.54, 1.807) is 0 Å². The smallest absolute Gasteiger partial charge is 0.335 e. The zero-order valence-corrected chi connectivity index (χ0v) is 15.7. The van der Waals surface area contributed by atoms with E-state index in [0.717, 1.165) is 44.9 Å². The normalized spacial score (nSPS) is 23.6. The molecule has 3 atom stereocenters. The number of carbonyl (C=O) groups excluding carboxylic acids is 1. The lowest BCUT2D eigenvalue weighted by Gasteiger charge is -2.18. The second-order valence-electron chi connectivity index (χ2n) is 7.34. The van der Waals surface area contributed by atoms with Gasteiger partial charge in [0.15, 0.2) is 5.60 Å². The summed E-state index contributed by atoms with van der Waals surface area (Å²) in [5.41, 5.74) is -1.64. The highest BCUT2D eigenvalue weighted by Crippen LogP contribution is 2.34. The van der Waals surface area contributed by atoms with Crippen LogP contribution in [0.4, 0.5) is 0 Å². The number of rotatable bonds is 12. The largest absolute Gasteiger partial charge is 0.479 e. The molecule has 0 amide bonds. The van der Waals surface area contributed by atoms with E-state index in [4.69, 9.17) is 5.11 Å². The van der Waals surface area contributed by atoms with E-state index < -0.39 is 11.6 Å². The Morgan fingerprint density at radius 2 is 1.92 bits per heavy atom. The minimum Gasteiger partial charge on any atom is -0.479 e. The van der Waals surface area contributed by atoms with E-state index in [-0.39, 0.29) is 12.3 Å². The van der Waals surface area contributed by atoms with Crippen LogP contribution in [-0.4, -0.2) is 27.6 Å². The van der Waals surface area contributed by atoms with Crippen LogP contribution in [0, 0.1) is 11.8 Å². The summed E-state index contributed by atoms with van der Waals surface area (Å²) < 4.78 is 0. The van der Waals surface area contributed by atoms with Crippen molar-refractivity contribution in [1.82, 2.24) is 0 Å². The van der Waals surface area contributed by atoms with E-state index in [9.17, 15) is 14.7 Å². The first-order valence-electron chi connectivity index (χ1n) is 9.68. The molecule has 1 aliphatic rings. The summed E-state index contributed by atoms with van der Waals surface area (Å²) in [4.78, 5) is 23.0. The number of hydrogen-bond acceptors (Lipinski definition) is 3. The lowest BCUT2D eigenvalue weighted by atomic mass is 9.89. The van der Waals surface area contributed by atoms with E-state index in [2.05, 4.69) is 31.2 Å². The van der Waals surface area contributed by atoms with E-state index in [1.165, 1.54) is 6.92 Å². The third-order valence-corrected chi connectivity index (χ3v) is 5.08.